The molecule has 0 atom stereocenters. The molecular formula is C18H17Br. The molecular weight excluding hydrogens is 296 g/mol. The predicted molar refractivity (Wildman–Crippen MR) is 86.2 cm³/mol. The minimum Gasteiger partial charge on any atom is -0.0763 e. The molecule has 0 aromatic heterocycles. The first kappa shape index (κ1) is 12.7. The van der Waals surface area contributed by atoms with Crippen LogP contribution in [0, 0.1) is 0 Å². The van der Waals surface area contributed by atoms with E-state index in [0.717, 1.165) is 6.42 Å². The molecule has 0 nitrogen and oxygen atoms in total. The lowest BCUT2D eigenvalue weighted by Gasteiger charge is -2.11. The third kappa shape index (κ3) is 2.40. The van der Waals surface area contributed by atoms with Crippen molar-refractivity contribution in [2.45, 2.75) is 26.2 Å². The van der Waals surface area contributed by atoms with Crippen molar-refractivity contribution in [3.05, 3.63) is 64.1 Å². The highest BCUT2D eigenvalue weighted by Gasteiger charge is 2.16. The first-order valence-corrected chi connectivity index (χ1v) is 7.66. The number of rotatable bonds is 3. The van der Waals surface area contributed by atoms with Gasteiger partial charge in [-0.25, -0.2) is 0 Å². The smallest absolute Gasteiger partial charge is 0.0259 e. The van der Waals surface area contributed by atoms with Gasteiger partial charge in [-0.15, -0.1) is 0 Å². The normalized spacial score (nSPS) is 13.3. The maximum Gasteiger partial charge on any atom is 0.0259 e. The van der Waals surface area contributed by atoms with E-state index >= 15 is 0 Å². The Labute approximate surface area is 123 Å². The second kappa shape index (κ2) is 5.34. The molecule has 3 rings (SSSR count). The Morgan fingerprint density at radius 1 is 1.05 bits per heavy atom. The molecule has 2 aromatic rings. The molecule has 0 radical (unpaired) electrons. The quantitative estimate of drug-likeness (QED) is 0.666. The van der Waals surface area contributed by atoms with Gasteiger partial charge in [-0.2, -0.15) is 0 Å². The van der Waals surface area contributed by atoms with Gasteiger partial charge in [-0.05, 0) is 52.8 Å². The van der Waals surface area contributed by atoms with Crippen molar-refractivity contribution in [1.82, 2.24) is 0 Å². The van der Waals surface area contributed by atoms with Crippen LogP contribution < -0.4 is 0 Å². The number of fused-ring (bicyclic) bond motifs is 1. The summed E-state index contributed by atoms with van der Waals surface area (Å²) in [6.07, 6.45) is 5.86. The van der Waals surface area contributed by atoms with Gasteiger partial charge in [0.2, 0.25) is 0 Å². The largest absolute Gasteiger partial charge is 0.0763 e. The van der Waals surface area contributed by atoms with E-state index in [-0.39, 0.29) is 0 Å². The maximum atomic E-state index is 3.74. The zero-order chi connectivity index (χ0) is 13.2. The zero-order valence-corrected chi connectivity index (χ0v) is 12.7. The molecule has 0 bridgehead atoms. The molecule has 96 valence electrons. The lowest BCUT2D eigenvalue weighted by Crippen LogP contribution is -1.89. The summed E-state index contributed by atoms with van der Waals surface area (Å²) in [5, 5.41) is 0. The molecule has 0 amide bonds. The lowest BCUT2D eigenvalue weighted by molar-refractivity contribution is 0.975. The molecule has 0 saturated heterocycles. The van der Waals surface area contributed by atoms with Gasteiger partial charge in [0.25, 0.3) is 0 Å². The van der Waals surface area contributed by atoms with Crippen LogP contribution in [0.1, 0.15) is 30.9 Å². The van der Waals surface area contributed by atoms with E-state index in [1.165, 1.54) is 45.1 Å². The highest BCUT2D eigenvalue weighted by Crippen LogP contribution is 2.38. The summed E-state index contributed by atoms with van der Waals surface area (Å²) in [6, 6.07) is 15.2. The van der Waals surface area contributed by atoms with E-state index in [2.05, 4.69) is 71.4 Å². The van der Waals surface area contributed by atoms with Crippen molar-refractivity contribution in [2.75, 3.05) is 0 Å². The summed E-state index contributed by atoms with van der Waals surface area (Å²) in [6.45, 7) is 2.24. The number of halogens is 1. The molecule has 0 unspecified atom stereocenters. The molecule has 1 aliphatic carbocycles. The van der Waals surface area contributed by atoms with Crippen LogP contribution in [0.3, 0.4) is 0 Å². The van der Waals surface area contributed by atoms with E-state index < -0.39 is 0 Å². The fraction of sp³-hybridized carbons (Fsp3) is 0.222. The van der Waals surface area contributed by atoms with E-state index in [1.807, 2.05) is 0 Å². The van der Waals surface area contributed by atoms with Crippen LogP contribution >= 0.6 is 15.9 Å². The van der Waals surface area contributed by atoms with Crippen LogP contribution in [0.2, 0.25) is 0 Å². The topological polar surface area (TPSA) is 0 Å². The minimum absolute atomic E-state index is 1.08. The van der Waals surface area contributed by atoms with Crippen LogP contribution in [0.5, 0.6) is 0 Å². The fourth-order valence-electron chi connectivity index (χ4n) is 2.77. The number of hydrogen-bond acceptors (Lipinski definition) is 0. The van der Waals surface area contributed by atoms with Crippen molar-refractivity contribution < 1.29 is 0 Å². The van der Waals surface area contributed by atoms with Crippen LogP contribution in [-0.2, 0) is 6.42 Å². The highest BCUT2D eigenvalue weighted by molar-refractivity contribution is 9.10. The first-order chi connectivity index (χ1) is 9.29. The Morgan fingerprint density at radius 3 is 2.58 bits per heavy atom. The summed E-state index contributed by atoms with van der Waals surface area (Å²) < 4.78 is 1.20. The summed E-state index contributed by atoms with van der Waals surface area (Å²) in [5.41, 5.74) is 6.99. The van der Waals surface area contributed by atoms with Crippen LogP contribution in [0.4, 0.5) is 0 Å². The number of allylic oxidation sites excluding steroid dienone is 2. The Morgan fingerprint density at radius 2 is 1.84 bits per heavy atom. The molecule has 1 heteroatoms. The highest BCUT2D eigenvalue weighted by atomic mass is 79.9. The third-order valence-corrected chi connectivity index (χ3v) is 4.37. The van der Waals surface area contributed by atoms with Crippen LogP contribution in [0.25, 0.3) is 16.7 Å². The van der Waals surface area contributed by atoms with Crippen molar-refractivity contribution in [1.29, 1.82) is 0 Å². The van der Waals surface area contributed by atoms with Gasteiger partial charge >= 0.3 is 0 Å². The van der Waals surface area contributed by atoms with Gasteiger partial charge in [0.15, 0.2) is 0 Å². The zero-order valence-electron chi connectivity index (χ0n) is 11.1. The van der Waals surface area contributed by atoms with Gasteiger partial charge in [0.1, 0.15) is 0 Å². The summed E-state index contributed by atoms with van der Waals surface area (Å²) >= 11 is 3.74. The molecule has 2 aromatic carbocycles. The molecule has 0 fully saturated rings. The average molecular weight is 313 g/mol. The predicted octanol–water partition coefficient (Wildman–Crippen LogP) is 5.86. The molecule has 19 heavy (non-hydrogen) atoms. The Bertz CT molecular complexity index is 624. The number of hydrogen-bond donors (Lipinski definition) is 0. The van der Waals surface area contributed by atoms with Crippen molar-refractivity contribution in [2.24, 2.45) is 0 Å². The van der Waals surface area contributed by atoms with Gasteiger partial charge in [0, 0.05) is 4.47 Å². The van der Waals surface area contributed by atoms with E-state index in [1.54, 1.807) is 0 Å². The average Bonchev–Trinajstić information content (AvgIpc) is 2.82. The van der Waals surface area contributed by atoms with Crippen molar-refractivity contribution in [3.8, 4) is 11.1 Å². The molecule has 0 spiro atoms. The van der Waals surface area contributed by atoms with Crippen molar-refractivity contribution >= 4 is 21.5 Å². The Hall–Kier alpha value is -1.34. The lowest BCUT2D eigenvalue weighted by atomic mass is 9.97. The van der Waals surface area contributed by atoms with Crippen LogP contribution in [-0.4, -0.2) is 0 Å². The van der Waals surface area contributed by atoms with Crippen molar-refractivity contribution in [3.63, 3.8) is 0 Å². The fourth-order valence-corrected chi connectivity index (χ4v) is 3.35. The first-order valence-electron chi connectivity index (χ1n) is 6.87. The van der Waals surface area contributed by atoms with E-state index in [0.29, 0.717) is 0 Å². The van der Waals surface area contributed by atoms with Gasteiger partial charge < -0.3 is 0 Å². The van der Waals surface area contributed by atoms with E-state index in [9.17, 15) is 0 Å². The third-order valence-electron chi connectivity index (χ3n) is 3.71. The Kier molecular flexibility index (Phi) is 3.56. The second-order valence-corrected chi connectivity index (χ2v) is 5.89. The molecule has 0 saturated carbocycles. The number of benzene rings is 2. The Balaban J connectivity index is 2.04. The van der Waals surface area contributed by atoms with Crippen LogP contribution in [0.15, 0.2) is 53.0 Å². The summed E-state index contributed by atoms with van der Waals surface area (Å²) in [5.74, 6) is 0. The van der Waals surface area contributed by atoms with Gasteiger partial charge in [-0.3, -0.25) is 0 Å². The van der Waals surface area contributed by atoms with E-state index in [4.69, 9.17) is 0 Å². The second-order valence-electron chi connectivity index (χ2n) is 5.04. The summed E-state index contributed by atoms with van der Waals surface area (Å²) in [7, 11) is 0. The SMILES string of the molecule is CCCC1=CCc2cc(-c3ccccc3)c(Br)cc21. The standard InChI is InChI=1S/C18H17Br/c1-2-6-13-9-10-15-11-17(18(19)12-16(13)15)14-7-4-3-5-8-14/h3-5,7-9,11-12H,2,6,10H2,1H3. The minimum atomic E-state index is 1.08. The monoisotopic (exact) mass is 312 g/mol. The van der Waals surface area contributed by atoms with Gasteiger partial charge in [-0.1, -0.05) is 65.7 Å². The van der Waals surface area contributed by atoms with Gasteiger partial charge in [0.05, 0.1) is 0 Å². The maximum absolute atomic E-state index is 3.74. The molecule has 0 aliphatic heterocycles. The summed E-state index contributed by atoms with van der Waals surface area (Å²) in [4.78, 5) is 0. The molecule has 0 N–H and O–H groups in total. The molecule has 0 heterocycles. The molecule has 1 aliphatic rings.